The van der Waals surface area contributed by atoms with E-state index < -0.39 is 0 Å². The van der Waals surface area contributed by atoms with Gasteiger partial charge in [-0.25, -0.2) is 4.98 Å². The summed E-state index contributed by atoms with van der Waals surface area (Å²) >= 11 is 5.76. The lowest BCUT2D eigenvalue weighted by Crippen LogP contribution is -1.95. The Labute approximate surface area is 105 Å². The number of hydrogen-bond donors (Lipinski definition) is 1. The summed E-state index contributed by atoms with van der Waals surface area (Å²) in [6.07, 6.45) is 1.58. The first kappa shape index (κ1) is 11.4. The Morgan fingerprint density at radius 2 is 2.12 bits per heavy atom. The summed E-state index contributed by atoms with van der Waals surface area (Å²) in [6.45, 7) is 1.97. The van der Waals surface area contributed by atoms with Crippen LogP contribution in [0.1, 0.15) is 11.1 Å². The zero-order valence-electron chi connectivity index (χ0n) is 9.24. The number of rotatable bonds is 2. The van der Waals surface area contributed by atoms with Gasteiger partial charge in [-0.3, -0.25) is 0 Å². The van der Waals surface area contributed by atoms with Gasteiger partial charge in [0.2, 0.25) is 0 Å². The van der Waals surface area contributed by atoms with E-state index in [-0.39, 0.29) is 0 Å². The first-order valence-electron chi connectivity index (χ1n) is 5.08. The molecule has 0 aliphatic heterocycles. The van der Waals surface area contributed by atoms with E-state index in [9.17, 15) is 0 Å². The van der Waals surface area contributed by atoms with Gasteiger partial charge in [0.25, 0.3) is 0 Å². The maximum atomic E-state index is 8.84. The highest BCUT2D eigenvalue weighted by atomic mass is 35.5. The van der Waals surface area contributed by atoms with E-state index in [1.165, 1.54) is 0 Å². The highest BCUT2D eigenvalue weighted by Gasteiger charge is 2.01. The molecule has 0 spiro atoms. The van der Waals surface area contributed by atoms with Crippen LogP contribution in [0.3, 0.4) is 0 Å². The van der Waals surface area contributed by atoms with Crippen molar-refractivity contribution in [3.8, 4) is 6.07 Å². The third-order valence-electron chi connectivity index (χ3n) is 2.36. The molecular weight excluding hydrogens is 234 g/mol. The molecule has 0 bridgehead atoms. The molecule has 1 aromatic carbocycles. The van der Waals surface area contributed by atoms with Crippen LogP contribution in [0, 0.1) is 18.3 Å². The lowest BCUT2D eigenvalue weighted by atomic mass is 10.1. The molecule has 0 aliphatic rings. The summed E-state index contributed by atoms with van der Waals surface area (Å²) in [5.41, 5.74) is 2.55. The van der Waals surface area contributed by atoms with Crippen LogP contribution in [0.25, 0.3) is 0 Å². The highest BCUT2D eigenvalue weighted by Crippen LogP contribution is 2.21. The predicted octanol–water partition coefficient (Wildman–Crippen LogP) is 3.66. The van der Waals surface area contributed by atoms with E-state index >= 15 is 0 Å². The number of pyridine rings is 1. The Hall–Kier alpha value is -2.05. The number of aromatic nitrogens is 1. The summed E-state index contributed by atoms with van der Waals surface area (Å²) in [7, 11) is 0. The van der Waals surface area contributed by atoms with Gasteiger partial charge in [0.1, 0.15) is 5.82 Å². The second kappa shape index (κ2) is 4.86. The SMILES string of the molecule is Cc1ccc(C#N)cc1Nc1ccc(Cl)cn1. The van der Waals surface area contributed by atoms with Crippen molar-refractivity contribution in [3.63, 3.8) is 0 Å². The molecule has 1 N–H and O–H groups in total. The maximum absolute atomic E-state index is 8.84. The van der Waals surface area contributed by atoms with Crippen LogP contribution in [0.2, 0.25) is 5.02 Å². The molecule has 1 heterocycles. The molecule has 0 radical (unpaired) electrons. The van der Waals surface area contributed by atoms with Crippen LogP contribution >= 0.6 is 11.6 Å². The van der Waals surface area contributed by atoms with Crippen LogP contribution in [-0.2, 0) is 0 Å². The van der Waals surface area contributed by atoms with Crippen molar-refractivity contribution in [2.24, 2.45) is 0 Å². The predicted molar refractivity (Wildman–Crippen MR) is 68.4 cm³/mol. The van der Waals surface area contributed by atoms with Crippen LogP contribution in [-0.4, -0.2) is 4.98 Å². The van der Waals surface area contributed by atoms with Crippen molar-refractivity contribution in [2.45, 2.75) is 6.92 Å². The van der Waals surface area contributed by atoms with Crippen molar-refractivity contribution in [2.75, 3.05) is 5.32 Å². The highest BCUT2D eigenvalue weighted by molar-refractivity contribution is 6.30. The molecular formula is C13H10ClN3. The summed E-state index contributed by atoms with van der Waals surface area (Å²) in [5, 5.41) is 12.6. The largest absolute Gasteiger partial charge is 0.340 e. The minimum Gasteiger partial charge on any atom is -0.340 e. The Morgan fingerprint density at radius 1 is 1.29 bits per heavy atom. The van der Waals surface area contributed by atoms with Gasteiger partial charge < -0.3 is 5.32 Å². The van der Waals surface area contributed by atoms with E-state index in [1.54, 1.807) is 30.5 Å². The summed E-state index contributed by atoms with van der Waals surface area (Å²) in [6, 6.07) is 11.1. The van der Waals surface area contributed by atoms with Crippen molar-refractivity contribution in [1.29, 1.82) is 5.26 Å². The van der Waals surface area contributed by atoms with E-state index in [4.69, 9.17) is 16.9 Å². The van der Waals surface area contributed by atoms with Gasteiger partial charge in [0.05, 0.1) is 16.7 Å². The van der Waals surface area contributed by atoms with Crippen LogP contribution in [0.5, 0.6) is 0 Å². The van der Waals surface area contributed by atoms with Crippen LogP contribution in [0.15, 0.2) is 36.5 Å². The Bertz CT molecular complexity index is 570. The minimum atomic E-state index is 0.595. The standard InChI is InChI=1S/C13H10ClN3/c1-9-2-3-10(7-15)6-12(9)17-13-5-4-11(14)8-16-13/h2-6,8H,1H3,(H,16,17). The molecule has 0 atom stereocenters. The van der Waals surface area contributed by atoms with Crippen molar-refractivity contribution >= 4 is 23.1 Å². The number of nitrogens with one attached hydrogen (secondary N) is 1. The molecule has 2 aromatic rings. The Balaban J connectivity index is 2.29. The topological polar surface area (TPSA) is 48.7 Å². The third-order valence-corrected chi connectivity index (χ3v) is 2.58. The molecule has 0 fully saturated rings. The quantitative estimate of drug-likeness (QED) is 0.876. The molecule has 84 valence electrons. The van der Waals surface area contributed by atoms with E-state index in [2.05, 4.69) is 16.4 Å². The zero-order chi connectivity index (χ0) is 12.3. The number of nitriles is 1. The molecule has 0 saturated heterocycles. The molecule has 2 rings (SSSR count). The normalized spacial score (nSPS) is 9.71. The smallest absolute Gasteiger partial charge is 0.130 e. The molecule has 4 heteroatoms. The van der Waals surface area contributed by atoms with Gasteiger partial charge in [-0.15, -0.1) is 0 Å². The average molecular weight is 244 g/mol. The van der Waals surface area contributed by atoms with Gasteiger partial charge in [0, 0.05) is 11.9 Å². The van der Waals surface area contributed by atoms with E-state index in [1.807, 2.05) is 13.0 Å². The Morgan fingerprint density at radius 3 is 2.76 bits per heavy atom. The Kier molecular flexibility index (Phi) is 3.27. The molecule has 1 aromatic heterocycles. The molecule has 17 heavy (non-hydrogen) atoms. The minimum absolute atomic E-state index is 0.595. The summed E-state index contributed by atoms with van der Waals surface area (Å²) < 4.78 is 0. The van der Waals surface area contributed by atoms with Gasteiger partial charge in [-0.2, -0.15) is 5.26 Å². The maximum Gasteiger partial charge on any atom is 0.130 e. The molecule has 0 saturated carbocycles. The van der Waals surface area contributed by atoms with Gasteiger partial charge in [0.15, 0.2) is 0 Å². The number of benzene rings is 1. The summed E-state index contributed by atoms with van der Waals surface area (Å²) in [5.74, 6) is 0.701. The van der Waals surface area contributed by atoms with Crippen molar-refractivity contribution in [3.05, 3.63) is 52.7 Å². The fourth-order valence-corrected chi connectivity index (χ4v) is 1.53. The van der Waals surface area contributed by atoms with Gasteiger partial charge in [-0.1, -0.05) is 17.7 Å². The number of anilines is 2. The number of halogens is 1. The lowest BCUT2D eigenvalue weighted by Gasteiger charge is -2.08. The lowest BCUT2D eigenvalue weighted by molar-refractivity contribution is 1.29. The second-order valence-corrected chi connectivity index (χ2v) is 4.06. The molecule has 0 unspecified atom stereocenters. The monoisotopic (exact) mass is 243 g/mol. The van der Waals surface area contributed by atoms with E-state index in [0.29, 0.717) is 16.4 Å². The summed E-state index contributed by atoms with van der Waals surface area (Å²) in [4.78, 5) is 4.14. The first-order valence-corrected chi connectivity index (χ1v) is 5.46. The zero-order valence-corrected chi connectivity index (χ0v) is 9.99. The second-order valence-electron chi connectivity index (χ2n) is 3.63. The fourth-order valence-electron chi connectivity index (χ4n) is 1.41. The number of nitrogens with zero attached hydrogens (tertiary/aromatic N) is 2. The first-order chi connectivity index (χ1) is 8.19. The fraction of sp³-hybridized carbons (Fsp3) is 0.0769. The van der Waals surface area contributed by atoms with Crippen LogP contribution < -0.4 is 5.32 Å². The van der Waals surface area contributed by atoms with Crippen molar-refractivity contribution in [1.82, 2.24) is 4.98 Å². The number of aryl methyl sites for hydroxylation is 1. The molecule has 0 aliphatic carbocycles. The van der Waals surface area contributed by atoms with Gasteiger partial charge in [-0.05, 0) is 36.8 Å². The molecule has 0 amide bonds. The van der Waals surface area contributed by atoms with Gasteiger partial charge >= 0.3 is 0 Å². The average Bonchev–Trinajstić information content (AvgIpc) is 2.35. The number of hydrogen-bond acceptors (Lipinski definition) is 3. The molecule has 3 nitrogen and oxygen atoms in total. The third kappa shape index (κ3) is 2.74. The van der Waals surface area contributed by atoms with Crippen molar-refractivity contribution < 1.29 is 0 Å². The van der Waals surface area contributed by atoms with Crippen LogP contribution in [0.4, 0.5) is 11.5 Å². The van der Waals surface area contributed by atoms with E-state index in [0.717, 1.165) is 11.3 Å².